The maximum absolute atomic E-state index is 12.4. The fourth-order valence-corrected chi connectivity index (χ4v) is 2.29. The van der Waals surface area contributed by atoms with E-state index in [0.717, 1.165) is 6.07 Å². The monoisotopic (exact) mass is 357 g/mol. The number of nitro groups is 1. The van der Waals surface area contributed by atoms with E-state index in [4.69, 9.17) is 4.74 Å². The van der Waals surface area contributed by atoms with E-state index in [9.17, 15) is 19.7 Å². The van der Waals surface area contributed by atoms with Gasteiger partial charge in [0, 0.05) is 39.0 Å². The lowest BCUT2D eigenvalue weighted by molar-refractivity contribution is -0.384. The molecule has 26 heavy (non-hydrogen) atoms. The standard InChI is InChI=1S/C18H19N3O5/c1-19(2)16-10-9-14(21(24)25)11-15(16)18(23)26-12-17(22)20(3)13-7-5-4-6-8-13/h4-11H,12H2,1-3H3. The molecular formula is C18H19N3O5. The summed E-state index contributed by atoms with van der Waals surface area (Å²) in [6, 6.07) is 12.8. The van der Waals surface area contributed by atoms with E-state index in [2.05, 4.69) is 0 Å². The number of carbonyl (C=O) groups is 2. The molecule has 2 aromatic rings. The maximum atomic E-state index is 12.4. The summed E-state index contributed by atoms with van der Waals surface area (Å²) in [5, 5.41) is 10.9. The number of ether oxygens (including phenoxy) is 1. The number of rotatable bonds is 6. The van der Waals surface area contributed by atoms with Crippen LogP contribution in [0.2, 0.25) is 0 Å². The van der Waals surface area contributed by atoms with Crippen LogP contribution < -0.4 is 9.80 Å². The average molecular weight is 357 g/mol. The molecule has 1 amide bonds. The zero-order valence-electron chi connectivity index (χ0n) is 14.7. The number of nitrogens with zero attached hydrogens (tertiary/aromatic N) is 3. The van der Waals surface area contributed by atoms with Crippen LogP contribution in [0.3, 0.4) is 0 Å². The number of hydrogen-bond acceptors (Lipinski definition) is 6. The van der Waals surface area contributed by atoms with Crippen molar-refractivity contribution < 1.29 is 19.2 Å². The molecule has 8 nitrogen and oxygen atoms in total. The number of anilines is 2. The van der Waals surface area contributed by atoms with Crippen molar-refractivity contribution in [2.24, 2.45) is 0 Å². The van der Waals surface area contributed by atoms with E-state index >= 15 is 0 Å². The molecular weight excluding hydrogens is 338 g/mol. The Morgan fingerprint density at radius 2 is 1.73 bits per heavy atom. The van der Waals surface area contributed by atoms with Crippen LogP contribution in [0.25, 0.3) is 0 Å². The molecule has 2 rings (SSSR count). The number of non-ortho nitro benzene ring substituents is 1. The van der Waals surface area contributed by atoms with Crippen molar-refractivity contribution in [3.05, 3.63) is 64.2 Å². The lowest BCUT2D eigenvalue weighted by atomic mass is 10.1. The van der Waals surface area contributed by atoms with Crippen molar-refractivity contribution in [2.45, 2.75) is 0 Å². The van der Waals surface area contributed by atoms with Crippen LogP contribution in [-0.2, 0) is 9.53 Å². The highest BCUT2D eigenvalue weighted by atomic mass is 16.6. The quantitative estimate of drug-likeness (QED) is 0.448. The Labute approximate surface area is 150 Å². The van der Waals surface area contributed by atoms with Gasteiger partial charge in [0.05, 0.1) is 16.2 Å². The lowest BCUT2D eigenvalue weighted by Gasteiger charge is -2.18. The molecule has 0 aliphatic carbocycles. The molecule has 0 N–H and O–H groups in total. The van der Waals surface area contributed by atoms with Gasteiger partial charge in [0.2, 0.25) is 0 Å². The Bertz CT molecular complexity index is 821. The molecule has 0 fully saturated rings. The first-order valence-corrected chi connectivity index (χ1v) is 7.75. The van der Waals surface area contributed by atoms with Crippen LogP contribution in [0, 0.1) is 10.1 Å². The van der Waals surface area contributed by atoms with E-state index in [0.29, 0.717) is 11.4 Å². The Balaban J connectivity index is 2.13. The number of para-hydroxylation sites is 1. The van der Waals surface area contributed by atoms with Gasteiger partial charge >= 0.3 is 5.97 Å². The first-order valence-electron chi connectivity index (χ1n) is 7.75. The third-order valence-corrected chi connectivity index (χ3v) is 3.74. The summed E-state index contributed by atoms with van der Waals surface area (Å²) in [5.74, 6) is -1.21. The molecule has 0 aliphatic heterocycles. The number of esters is 1. The average Bonchev–Trinajstić information content (AvgIpc) is 2.65. The normalized spacial score (nSPS) is 10.1. The molecule has 0 heterocycles. The summed E-state index contributed by atoms with van der Waals surface area (Å²) >= 11 is 0. The van der Waals surface area contributed by atoms with Crippen molar-refractivity contribution in [1.82, 2.24) is 0 Å². The van der Waals surface area contributed by atoms with Crippen LogP contribution in [0.4, 0.5) is 17.1 Å². The van der Waals surface area contributed by atoms with Crippen molar-refractivity contribution in [3.63, 3.8) is 0 Å². The molecule has 0 saturated heterocycles. The minimum atomic E-state index is -0.799. The summed E-state index contributed by atoms with van der Waals surface area (Å²) in [6.07, 6.45) is 0. The van der Waals surface area contributed by atoms with E-state index in [-0.39, 0.29) is 11.3 Å². The molecule has 0 unspecified atom stereocenters. The number of hydrogen-bond donors (Lipinski definition) is 0. The fraction of sp³-hybridized carbons (Fsp3) is 0.222. The van der Waals surface area contributed by atoms with Crippen LogP contribution in [0.1, 0.15) is 10.4 Å². The SMILES string of the molecule is CN(C)c1ccc([N+](=O)[O-])cc1C(=O)OCC(=O)N(C)c1ccccc1. The number of carbonyl (C=O) groups excluding carboxylic acids is 2. The minimum absolute atomic E-state index is 0.0272. The Morgan fingerprint density at radius 1 is 1.08 bits per heavy atom. The number of likely N-dealkylation sites (N-methyl/N-ethyl adjacent to an activating group) is 1. The fourth-order valence-electron chi connectivity index (χ4n) is 2.29. The number of nitro benzene ring substituents is 1. The molecule has 0 radical (unpaired) electrons. The second-order valence-corrected chi connectivity index (χ2v) is 5.72. The Hall–Kier alpha value is -3.42. The first-order chi connectivity index (χ1) is 12.3. The van der Waals surface area contributed by atoms with Crippen LogP contribution >= 0.6 is 0 Å². The second kappa shape index (κ2) is 8.11. The largest absolute Gasteiger partial charge is 0.452 e. The van der Waals surface area contributed by atoms with Gasteiger partial charge in [-0.1, -0.05) is 18.2 Å². The predicted molar refractivity (Wildman–Crippen MR) is 97.6 cm³/mol. The van der Waals surface area contributed by atoms with Gasteiger partial charge in [0.25, 0.3) is 11.6 Å². The number of amides is 1. The molecule has 8 heteroatoms. The molecule has 2 aromatic carbocycles. The van der Waals surface area contributed by atoms with Gasteiger partial charge in [-0.25, -0.2) is 4.79 Å². The van der Waals surface area contributed by atoms with Crippen LogP contribution in [-0.4, -0.2) is 44.5 Å². The number of benzene rings is 2. The van der Waals surface area contributed by atoms with Crippen molar-refractivity contribution in [3.8, 4) is 0 Å². The van der Waals surface area contributed by atoms with Crippen molar-refractivity contribution in [2.75, 3.05) is 37.5 Å². The van der Waals surface area contributed by atoms with Gasteiger partial charge in [-0.15, -0.1) is 0 Å². The van der Waals surface area contributed by atoms with Gasteiger partial charge in [-0.2, -0.15) is 0 Å². The van der Waals surface area contributed by atoms with Gasteiger partial charge in [0.15, 0.2) is 6.61 Å². The second-order valence-electron chi connectivity index (χ2n) is 5.72. The highest BCUT2D eigenvalue weighted by molar-refractivity contribution is 5.99. The van der Waals surface area contributed by atoms with Crippen molar-refractivity contribution >= 4 is 28.9 Å². The summed E-state index contributed by atoms with van der Waals surface area (Å²) < 4.78 is 5.08. The third-order valence-electron chi connectivity index (χ3n) is 3.74. The molecule has 0 saturated carbocycles. The summed E-state index contributed by atoms with van der Waals surface area (Å²) in [7, 11) is 4.97. The maximum Gasteiger partial charge on any atom is 0.341 e. The van der Waals surface area contributed by atoms with Crippen molar-refractivity contribution in [1.29, 1.82) is 0 Å². The molecule has 0 spiro atoms. The highest BCUT2D eigenvalue weighted by Gasteiger charge is 2.21. The topological polar surface area (TPSA) is 93.0 Å². The molecule has 0 aliphatic rings. The summed E-state index contributed by atoms with van der Waals surface area (Å²) in [6.45, 7) is -0.472. The highest BCUT2D eigenvalue weighted by Crippen LogP contribution is 2.25. The molecule has 0 bridgehead atoms. The minimum Gasteiger partial charge on any atom is -0.452 e. The van der Waals surface area contributed by atoms with E-state index in [1.54, 1.807) is 50.3 Å². The Kier molecular flexibility index (Phi) is 5.90. The third kappa shape index (κ3) is 4.35. The van der Waals surface area contributed by atoms with Gasteiger partial charge < -0.3 is 14.5 Å². The first kappa shape index (κ1) is 18.9. The van der Waals surface area contributed by atoms with E-state index < -0.39 is 23.4 Å². The Morgan fingerprint density at radius 3 is 2.31 bits per heavy atom. The predicted octanol–water partition coefficient (Wildman–Crippen LogP) is 2.48. The molecule has 0 atom stereocenters. The van der Waals surface area contributed by atoms with Gasteiger partial charge in [-0.05, 0) is 18.2 Å². The summed E-state index contributed by atoms with van der Waals surface area (Å²) in [5.41, 5.74) is 0.928. The smallest absolute Gasteiger partial charge is 0.341 e. The zero-order valence-corrected chi connectivity index (χ0v) is 14.7. The molecule has 136 valence electrons. The van der Waals surface area contributed by atoms with Gasteiger partial charge in [-0.3, -0.25) is 14.9 Å². The summed E-state index contributed by atoms with van der Waals surface area (Å²) in [4.78, 5) is 37.9. The van der Waals surface area contributed by atoms with Crippen LogP contribution in [0.15, 0.2) is 48.5 Å². The zero-order chi connectivity index (χ0) is 19.3. The van der Waals surface area contributed by atoms with E-state index in [1.807, 2.05) is 6.07 Å². The van der Waals surface area contributed by atoms with E-state index in [1.165, 1.54) is 17.0 Å². The van der Waals surface area contributed by atoms with Crippen LogP contribution in [0.5, 0.6) is 0 Å². The molecule has 0 aromatic heterocycles. The van der Waals surface area contributed by atoms with Gasteiger partial charge in [0.1, 0.15) is 0 Å². The lowest BCUT2D eigenvalue weighted by Crippen LogP contribution is -2.31.